The molecule has 2 aromatic heterocycles. The lowest BCUT2D eigenvalue weighted by Gasteiger charge is -2.24. The number of methoxy groups -OCH3 is 1. The number of fused-ring (bicyclic) bond motifs is 2. The fourth-order valence-corrected chi connectivity index (χ4v) is 5.01. The van der Waals surface area contributed by atoms with Gasteiger partial charge in [0.2, 0.25) is 11.0 Å². The Hall–Kier alpha value is -3.65. The Bertz CT molecular complexity index is 1310. The zero-order chi connectivity index (χ0) is 22.2. The van der Waals surface area contributed by atoms with E-state index in [-0.39, 0.29) is 11.8 Å². The minimum absolute atomic E-state index is 0.0595. The summed E-state index contributed by atoms with van der Waals surface area (Å²) in [6, 6.07) is 13.7. The predicted molar refractivity (Wildman–Crippen MR) is 125 cm³/mol. The molecule has 3 heterocycles. The molecular weight excluding hydrogens is 424 g/mol. The Morgan fingerprint density at radius 2 is 2.12 bits per heavy atom. The summed E-state index contributed by atoms with van der Waals surface area (Å²) in [6.45, 7) is 6.04. The molecule has 1 aliphatic heterocycles. The predicted octanol–water partition coefficient (Wildman–Crippen LogP) is 4.84. The van der Waals surface area contributed by atoms with Gasteiger partial charge in [0.1, 0.15) is 12.4 Å². The average Bonchev–Trinajstić information content (AvgIpc) is 3.38. The van der Waals surface area contributed by atoms with Gasteiger partial charge < -0.3 is 14.8 Å². The van der Waals surface area contributed by atoms with E-state index in [9.17, 15) is 4.79 Å². The molecule has 0 radical (unpaired) electrons. The number of ether oxygens (including phenoxy) is 2. The van der Waals surface area contributed by atoms with Gasteiger partial charge in [-0.25, -0.2) is 4.98 Å². The van der Waals surface area contributed by atoms with Crippen LogP contribution in [0.15, 0.2) is 55.1 Å². The lowest BCUT2D eigenvalue weighted by Crippen LogP contribution is -2.25. The van der Waals surface area contributed by atoms with Gasteiger partial charge in [0.25, 0.3) is 0 Å². The standard InChI is InChI=1S/C24H22N4O3S/c1-4-11-31-18-10-9-15(12-19(18)30-3)16-13-21(29)26-23-22(16)14(2)27-28(23)24-25-17-7-5-6-8-20(17)32-24/h4-10,12,16H,1,11,13H2,2-3H3,(H,26,29). The van der Waals surface area contributed by atoms with E-state index < -0.39 is 0 Å². The fourth-order valence-electron chi connectivity index (χ4n) is 4.09. The van der Waals surface area contributed by atoms with Gasteiger partial charge >= 0.3 is 0 Å². The van der Waals surface area contributed by atoms with Crippen LogP contribution in [0.1, 0.15) is 29.2 Å². The van der Waals surface area contributed by atoms with Gasteiger partial charge in [0.05, 0.1) is 23.0 Å². The first-order valence-corrected chi connectivity index (χ1v) is 11.1. The van der Waals surface area contributed by atoms with Gasteiger partial charge in [0.15, 0.2) is 11.5 Å². The minimum Gasteiger partial charge on any atom is -0.493 e. The molecule has 0 spiro atoms. The number of carbonyl (C=O) groups excluding carboxylic acids is 1. The largest absolute Gasteiger partial charge is 0.493 e. The third kappa shape index (κ3) is 3.42. The second kappa shape index (κ2) is 8.12. The number of hydrogen-bond acceptors (Lipinski definition) is 6. The Labute approximate surface area is 189 Å². The molecular formula is C24H22N4O3S. The van der Waals surface area contributed by atoms with E-state index >= 15 is 0 Å². The molecule has 0 bridgehead atoms. The van der Waals surface area contributed by atoms with Gasteiger partial charge in [-0.3, -0.25) is 4.79 Å². The summed E-state index contributed by atoms with van der Waals surface area (Å²) >= 11 is 1.54. The lowest BCUT2D eigenvalue weighted by molar-refractivity contribution is -0.116. The summed E-state index contributed by atoms with van der Waals surface area (Å²) in [5.74, 6) is 1.72. The number of aryl methyl sites for hydroxylation is 1. The van der Waals surface area contributed by atoms with E-state index in [0.717, 1.165) is 32.2 Å². The van der Waals surface area contributed by atoms with Gasteiger partial charge in [-0.1, -0.05) is 42.2 Å². The van der Waals surface area contributed by atoms with E-state index in [0.29, 0.717) is 30.3 Å². The molecule has 0 fully saturated rings. The molecule has 1 amide bonds. The first kappa shape index (κ1) is 20.3. The zero-order valence-corrected chi connectivity index (χ0v) is 18.6. The summed E-state index contributed by atoms with van der Waals surface area (Å²) in [6.07, 6.45) is 2.01. The Balaban J connectivity index is 1.59. The molecule has 0 saturated heterocycles. The van der Waals surface area contributed by atoms with E-state index in [1.165, 1.54) is 0 Å². The maximum absolute atomic E-state index is 12.7. The number of amides is 1. The van der Waals surface area contributed by atoms with E-state index in [4.69, 9.17) is 19.6 Å². The summed E-state index contributed by atoms with van der Waals surface area (Å²) in [7, 11) is 1.61. The Morgan fingerprint density at radius 1 is 1.28 bits per heavy atom. The highest BCUT2D eigenvalue weighted by molar-refractivity contribution is 7.20. The number of hydrogen-bond donors (Lipinski definition) is 1. The van der Waals surface area contributed by atoms with Gasteiger partial charge in [-0.15, -0.1) is 0 Å². The first-order chi connectivity index (χ1) is 15.6. The molecule has 1 N–H and O–H groups in total. The van der Waals surface area contributed by atoms with Crippen molar-refractivity contribution >= 4 is 33.3 Å². The molecule has 0 aliphatic carbocycles. The monoisotopic (exact) mass is 446 g/mol. The number of thiazole rings is 1. The quantitative estimate of drug-likeness (QED) is 0.429. The van der Waals surface area contributed by atoms with Crippen LogP contribution in [0.4, 0.5) is 5.82 Å². The van der Waals surface area contributed by atoms with Crippen molar-refractivity contribution in [3.8, 4) is 16.6 Å². The first-order valence-electron chi connectivity index (χ1n) is 10.3. The van der Waals surface area contributed by atoms with Crippen LogP contribution in [0.5, 0.6) is 11.5 Å². The number of anilines is 1. The summed E-state index contributed by atoms with van der Waals surface area (Å²) in [5.41, 5.74) is 3.73. The van der Waals surface area contributed by atoms with Crippen molar-refractivity contribution < 1.29 is 14.3 Å². The number of para-hydroxylation sites is 1. The molecule has 4 aromatic rings. The molecule has 1 atom stereocenters. The van der Waals surface area contributed by atoms with Gasteiger partial charge in [-0.05, 0) is 36.8 Å². The molecule has 0 saturated carbocycles. The number of nitrogens with zero attached hydrogens (tertiary/aromatic N) is 3. The maximum Gasteiger partial charge on any atom is 0.226 e. The third-order valence-corrected chi connectivity index (χ3v) is 6.52. The highest BCUT2D eigenvalue weighted by Crippen LogP contribution is 2.43. The summed E-state index contributed by atoms with van der Waals surface area (Å²) < 4.78 is 14.0. The maximum atomic E-state index is 12.7. The van der Waals surface area contributed by atoms with E-state index in [1.54, 1.807) is 29.2 Å². The molecule has 1 unspecified atom stereocenters. The molecule has 2 aromatic carbocycles. The van der Waals surface area contributed by atoms with Crippen molar-refractivity contribution in [1.29, 1.82) is 0 Å². The van der Waals surface area contributed by atoms with Crippen molar-refractivity contribution in [2.45, 2.75) is 19.3 Å². The number of nitrogens with one attached hydrogen (secondary N) is 1. The SMILES string of the molecule is C=CCOc1ccc(C2CC(=O)Nc3c2c(C)nn3-c2nc3ccccc3s2)cc1OC. The smallest absolute Gasteiger partial charge is 0.226 e. The molecule has 8 heteroatoms. The summed E-state index contributed by atoms with van der Waals surface area (Å²) in [4.78, 5) is 17.4. The van der Waals surface area contributed by atoms with Crippen LogP contribution in [0.25, 0.3) is 15.3 Å². The second-order valence-electron chi connectivity index (χ2n) is 7.54. The van der Waals surface area contributed by atoms with Crippen LogP contribution in [-0.2, 0) is 4.79 Å². The van der Waals surface area contributed by atoms with Gasteiger partial charge in [-0.2, -0.15) is 9.78 Å². The van der Waals surface area contributed by atoms with Crippen LogP contribution in [-0.4, -0.2) is 34.4 Å². The Kier molecular flexibility index (Phi) is 5.14. The fraction of sp³-hybridized carbons (Fsp3) is 0.208. The van der Waals surface area contributed by atoms with Crippen molar-refractivity contribution in [1.82, 2.24) is 14.8 Å². The Morgan fingerprint density at radius 3 is 2.91 bits per heavy atom. The normalized spacial score (nSPS) is 15.3. The molecule has 1 aliphatic rings. The highest BCUT2D eigenvalue weighted by Gasteiger charge is 2.33. The topological polar surface area (TPSA) is 78.3 Å². The van der Waals surface area contributed by atoms with Crippen LogP contribution < -0.4 is 14.8 Å². The second-order valence-corrected chi connectivity index (χ2v) is 8.55. The highest BCUT2D eigenvalue weighted by atomic mass is 32.1. The number of rotatable bonds is 6. The van der Waals surface area contributed by atoms with Crippen molar-refractivity contribution in [2.75, 3.05) is 19.0 Å². The van der Waals surface area contributed by atoms with E-state index in [2.05, 4.69) is 11.9 Å². The number of benzene rings is 2. The minimum atomic E-state index is -0.149. The van der Waals surface area contributed by atoms with Crippen LogP contribution in [0, 0.1) is 6.92 Å². The molecule has 162 valence electrons. The van der Waals surface area contributed by atoms with Crippen LogP contribution in [0.3, 0.4) is 0 Å². The molecule has 32 heavy (non-hydrogen) atoms. The third-order valence-electron chi connectivity index (χ3n) is 5.51. The van der Waals surface area contributed by atoms with Gasteiger partial charge in [0, 0.05) is 17.9 Å². The molecule has 7 nitrogen and oxygen atoms in total. The molecule has 5 rings (SSSR count). The van der Waals surface area contributed by atoms with Crippen molar-refractivity contribution in [3.05, 3.63) is 71.9 Å². The average molecular weight is 447 g/mol. The van der Waals surface area contributed by atoms with Crippen LogP contribution in [0.2, 0.25) is 0 Å². The number of aromatic nitrogens is 3. The zero-order valence-electron chi connectivity index (χ0n) is 17.8. The number of carbonyl (C=O) groups is 1. The lowest BCUT2D eigenvalue weighted by atomic mass is 9.85. The van der Waals surface area contributed by atoms with E-state index in [1.807, 2.05) is 49.4 Å². The van der Waals surface area contributed by atoms with Crippen molar-refractivity contribution in [3.63, 3.8) is 0 Å². The van der Waals surface area contributed by atoms with Crippen LogP contribution >= 0.6 is 11.3 Å². The summed E-state index contributed by atoms with van der Waals surface area (Å²) in [5, 5.41) is 8.50. The van der Waals surface area contributed by atoms with Crippen molar-refractivity contribution in [2.24, 2.45) is 0 Å².